The second-order valence-electron chi connectivity index (χ2n) is 18.6. The first-order chi connectivity index (χ1) is 30.0. The molecule has 0 unspecified atom stereocenters. The SMILES string of the molecule is COC1=C(OC)C(=O)C(C/C=C(\C)CC/C=C(\C)CC/C=C(\C)CC/C=C(\C)CC/C=C(\C)CC/C=C(\C)CC/C=C(/C)CC/C=C(\C)CC/C=C(\C)CCC=C(C)C)=C(C)C1=O. The van der Waals surface area contributed by atoms with Crippen molar-refractivity contribution in [3.05, 3.63) is 139 Å². The van der Waals surface area contributed by atoms with Crippen molar-refractivity contribution in [2.24, 2.45) is 0 Å². The normalized spacial score (nSPS) is 15.9. The minimum atomic E-state index is -0.284. The van der Waals surface area contributed by atoms with E-state index in [0.717, 1.165) is 96.3 Å². The molecule has 350 valence electrons. The molecule has 0 saturated heterocycles. The van der Waals surface area contributed by atoms with Crippen LogP contribution in [0, 0.1) is 0 Å². The van der Waals surface area contributed by atoms with Crippen molar-refractivity contribution in [2.75, 3.05) is 14.2 Å². The summed E-state index contributed by atoms with van der Waals surface area (Å²) < 4.78 is 10.3. The Morgan fingerprint density at radius 1 is 0.349 bits per heavy atom. The fourth-order valence-corrected chi connectivity index (χ4v) is 7.59. The first-order valence-electron chi connectivity index (χ1n) is 24.1. The molecule has 0 N–H and O–H groups in total. The lowest BCUT2D eigenvalue weighted by Crippen LogP contribution is -2.24. The number of ketones is 2. The fraction of sp³-hybridized carbons (Fsp3) is 0.559. The largest absolute Gasteiger partial charge is 0.489 e. The monoisotopic (exact) mass is 863 g/mol. The van der Waals surface area contributed by atoms with Crippen LogP contribution in [-0.2, 0) is 19.1 Å². The van der Waals surface area contributed by atoms with E-state index in [1.165, 1.54) is 89.2 Å². The minimum Gasteiger partial charge on any atom is -0.489 e. The summed E-state index contributed by atoms with van der Waals surface area (Å²) in [5, 5.41) is 0. The summed E-state index contributed by atoms with van der Waals surface area (Å²) in [6.07, 6.45) is 44.3. The summed E-state index contributed by atoms with van der Waals surface area (Å²) in [4.78, 5) is 25.5. The second-order valence-corrected chi connectivity index (χ2v) is 18.6. The highest BCUT2D eigenvalue weighted by Gasteiger charge is 2.34. The van der Waals surface area contributed by atoms with E-state index in [2.05, 4.69) is 137 Å². The van der Waals surface area contributed by atoms with Crippen LogP contribution in [0.2, 0.25) is 0 Å². The first-order valence-corrected chi connectivity index (χ1v) is 24.1. The molecular weight excluding hydrogens is 773 g/mol. The van der Waals surface area contributed by atoms with Crippen LogP contribution in [0.4, 0.5) is 0 Å². The van der Waals surface area contributed by atoms with E-state index >= 15 is 0 Å². The fourth-order valence-electron chi connectivity index (χ4n) is 7.59. The number of hydrogen-bond donors (Lipinski definition) is 0. The van der Waals surface area contributed by atoms with E-state index in [9.17, 15) is 9.59 Å². The van der Waals surface area contributed by atoms with E-state index in [4.69, 9.17) is 9.47 Å². The minimum absolute atomic E-state index is 0.00667. The van der Waals surface area contributed by atoms with Gasteiger partial charge in [-0.25, -0.2) is 0 Å². The maximum Gasteiger partial charge on any atom is 0.228 e. The Morgan fingerprint density at radius 2 is 0.571 bits per heavy atom. The van der Waals surface area contributed by atoms with Gasteiger partial charge >= 0.3 is 0 Å². The molecule has 0 spiro atoms. The van der Waals surface area contributed by atoms with Gasteiger partial charge in [0.25, 0.3) is 0 Å². The molecule has 1 aliphatic rings. The smallest absolute Gasteiger partial charge is 0.228 e. The Kier molecular flexibility index (Phi) is 30.1. The molecule has 4 heteroatoms. The molecule has 0 radical (unpaired) electrons. The van der Waals surface area contributed by atoms with E-state index in [0.29, 0.717) is 17.6 Å². The summed E-state index contributed by atoms with van der Waals surface area (Å²) in [5.74, 6) is -0.572. The first kappa shape index (κ1) is 56.8. The topological polar surface area (TPSA) is 52.6 Å². The van der Waals surface area contributed by atoms with Crippen LogP contribution in [0.3, 0.4) is 0 Å². The van der Waals surface area contributed by atoms with Gasteiger partial charge in [-0.1, -0.05) is 116 Å². The number of Topliss-reactive ketones (excluding diaryl/α,β-unsaturated/α-hetero) is 2. The number of rotatable bonds is 31. The summed E-state index contributed by atoms with van der Waals surface area (Å²) in [6, 6.07) is 0. The molecule has 0 amide bonds. The number of allylic oxidation sites excluding steroid dienone is 22. The molecule has 63 heavy (non-hydrogen) atoms. The van der Waals surface area contributed by atoms with Gasteiger partial charge in [0.2, 0.25) is 23.1 Å². The van der Waals surface area contributed by atoms with Crippen molar-refractivity contribution in [3.8, 4) is 0 Å². The Morgan fingerprint density at radius 3 is 0.810 bits per heavy atom. The Hall–Kier alpha value is -4.18. The molecule has 0 atom stereocenters. The molecule has 0 bridgehead atoms. The quantitative estimate of drug-likeness (QED) is 0.0515. The second kappa shape index (κ2) is 33.3. The van der Waals surface area contributed by atoms with Crippen molar-refractivity contribution in [1.29, 1.82) is 0 Å². The predicted octanol–water partition coefficient (Wildman–Crippen LogP) is 17.9. The number of carbonyl (C=O) groups is 2. The van der Waals surface area contributed by atoms with E-state index in [1.54, 1.807) is 6.92 Å². The lowest BCUT2D eigenvalue weighted by molar-refractivity contribution is -0.121. The van der Waals surface area contributed by atoms with Crippen LogP contribution < -0.4 is 0 Å². The highest BCUT2D eigenvalue weighted by molar-refractivity contribution is 6.23. The summed E-state index contributed by atoms with van der Waals surface area (Å²) in [5.41, 5.74) is 15.5. The zero-order chi connectivity index (χ0) is 47.2. The molecule has 0 heterocycles. The Bertz CT molecular complexity index is 1840. The number of carbonyl (C=O) groups excluding carboxylic acids is 2. The van der Waals surface area contributed by atoms with Gasteiger partial charge in [0.05, 0.1) is 14.2 Å². The maximum absolute atomic E-state index is 12.9. The van der Waals surface area contributed by atoms with Gasteiger partial charge in [-0.2, -0.15) is 0 Å². The van der Waals surface area contributed by atoms with Crippen LogP contribution in [-0.4, -0.2) is 25.8 Å². The highest BCUT2D eigenvalue weighted by Crippen LogP contribution is 2.28. The molecule has 0 aromatic carbocycles. The molecule has 0 aromatic rings. The molecule has 1 aliphatic carbocycles. The molecule has 0 saturated carbocycles. The van der Waals surface area contributed by atoms with Crippen LogP contribution in [0.1, 0.15) is 205 Å². The zero-order valence-electron chi connectivity index (χ0n) is 42.8. The standard InChI is InChI=1S/C59H90O4/c1-44(2)24-15-25-45(3)26-16-27-46(4)28-17-29-47(5)30-18-31-48(6)32-19-33-49(7)34-20-35-50(8)36-21-37-51(9)38-22-39-52(10)40-23-41-53(11)42-43-55-54(12)56(60)58(62-13)59(63-14)57(55)61/h24,26,28,30,32,34,36,38,40,42H,15-23,25,27,29,31,33,35,37,39,41,43H2,1-14H3/b45-26+,46-28+,47-30-,48-32+,49-34+,50-36+,51-38+,52-40+,53-42+. The van der Waals surface area contributed by atoms with Crippen LogP contribution in [0.25, 0.3) is 0 Å². The third-order valence-electron chi connectivity index (χ3n) is 12.1. The molecule has 4 nitrogen and oxygen atoms in total. The highest BCUT2D eigenvalue weighted by atomic mass is 16.5. The van der Waals surface area contributed by atoms with Crippen LogP contribution in [0.5, 0.6) is 0 Å². The van der Waals surface area contributed by atoms with Gasteiger partial charge in [0.15, 0.2) is 0 Å². The number of hydrogen-bond acceptors (Lipinski definition) is 4. The third kappa shape index (κ3) is 26.3. The van der Waals surface area contributed by atoms with E-state index in [-0.39, 0.29) is 23.1 Å². The lowest BCUT2D eigenvalue weighted by Gasteiger charge is -2.19. The molecule has 0 fully saturated rings. The van der Waals surface area contributed by atoms with Gasteiger partial charge < -0.3 is 9.47 Å². The third-order valence-corrected chi connectivity index (χ3v) is 12.1. The molecule has 1 rings (SSSR count). The van der Waals surface area contributed by atoms with Gasteiger partial charge in [-0.05, 0) is 205 Å². The molecule has 0 aromatic heterocycles. The lowest BCUT2D eigenvalue weighted by atomic mass is 9.90. The molecular formula is C59H90O4. The Balaban J connectivity index is 2.31. The maximum atomic E-state index is 12.9. The van der Waals surface area contributed by atoms with Crippen molar-refractivity contribution in [1.82, 2.24) is 0 Å². The summed E-state index contributed by atoms with van der Waals surface area (Å²) in [6.45, 7) is 26.3. The number of ether oxygens (including phenoxy) is 2. The van der Waals surface area contributed by atoms with Crippen molar-refractivity contribution in [2.45, 2.75) is 205 Å². The summed E-state index contributed by atoms with van der Waals surface area (Å²) >= 11 is 0. The van der Waals surface area contributed by atoms with Crippen molar-refractivity contribution in [3.63, 3.8) is 0 Å². The van der Waals surface area contributed by atoms with Gasteiger partial charge in [-0.15, -0.1) is 0 Å². The van der Waals surface area contributed by atoms with E-state index in [1.807, 2.05) is 0 Å². The van der Waals surface area contributed by atoms with Crippen LogP contribution in [0.15, 0.2) is 139 Å². The van der Waals surface area contributed by atoms with Gasteiger partial charge in [-0.3, -0.25) is 9.59 Å². The summed E-state index contributed by atoms with van der Waals surface area (Å²) in [7, 11) is 2.78. The number of methoxy groups -OCH3 is 2. The average molecular weight is 863 g/mol. The van der Waals surface area contributed by atoms with E-state index < -0.39 is 0 Å². The predicted molar refractivity (Wildman–Crippen MR) is 275 cm³/mol. The average Bonchev–Trinajstić information content (AvgIpc) is 3.21. The van der Waals surface area contributed by atoms with Crippen molar-refractivity contribution >= 4 is 11.6 Å². The molecule has 0 aliphatic heterocycles. The zero-order valence-corrected chi connectivity index (χ0v) is 42.8. The van der Waals surface area contributed by atoms with Gasteiger partial charge in [0, 0.05) is 11.1 Å². The van der Waals surface area contributed by atoms with Gasteiger partial charge in [0.1, 0.15) is 0 Å². The van der Waals surface area contributed by atoms with Crippen molar-refractivity contribution < 1.29 is 19.1 Å². The Labute approximate surface area is 387 Å². The van der Waals surface area contributed by atoms with Crippen LogP contribution >= 0.6 is 0 Å².